The zero-order valence-corrected chi connectivity index (χ0v) is 20.4. The van der Waals surface area contributed by atoms with Crippen molar-refractivity contribution in [3.8, 4) is 0 Å². The van der Waals surface area contributed by atoms with E-state index in [4.69, 9.17) is 0 Å². The minimum absolute atomic E-state index is 0.138. The minimum Gasteiger partial charge on any atom is -0.326 e. The van der Waals surface area contributed by atoms with Crippen LogP contribution in [0, 0.1) is 6.92 Å². The van der Waals surface area contributed by atoms with Crippen LogP contribution in [-0.4, -0.2) is 47.8 Å². The zero-order valence-electron chi connectivity index (χ0n) is 18.8. The minimum atomic E-state index is -3.70. The molecule has 0 radical (unpaired) electrons. The van der Waals surface area contributed by atoms with Crippen LogP contribution in [0.25, 0.3) is 0 Å². The molecule has 178 valence electrons. The predicted molar refractivity (Wildman–Crippen MR) is 131 cm³/mol. The van der Waals surface area contributed by atoms with Crippen molar-refractivity contribution < 1.29 is 18.0 Å². The lowest BCUT2D eigenvalue weighted by Crippen LogP contribution is -2.39. The molecule has 4 rings (SSSR count). The fraction of sp³-hybridized carbons (Fsp3) is 0.304. The number of nitrogens with one attached hydrogen (secondary N) is 2. The van der Waals surface area contributed by atoms with Gasteiger partial charge in [0.1, 0.15) is 5.01 Å². The highest BCUT2D eigenvalue weighted by atomic mass is 32.2. The van der Waals surface area contributed by atoms with Crippen molar-refractivity contribution in [2.75, 3.05) is 23.7 Å². The van der Waals surface area contributed by atoms with Crippen molar-refractivity contribution in [1.82, 2.24) is 14.5 Å². The van der Waals surface area contributed by atoms with Crippen LogP contribution in [0.4, 0.5) is 11.4 Å². The van der Waals surface area contributed by atoms with E-state index in [-0.39, 0.29) is 34.2 Å². The number of benzene rings is 2. The summed E-state index contributed by atoms with van der Waals surface area (Å²) >= 11 is 1.19. The van der Waals surface area contributed by atoms with Gasteiger partial charge in [-0.3, -0.25) is 9.59 Å². The molecule has 1 atom stereocenters. The van der Waals surface area contributed by atoms with Gasteiger partial charge < -0.3 is 10.6 Å². The molecular weight excluding hydrogens is 474 g/mol. The molecule has 3 aromatic rings. The molecule has 0 unspecified atom stereocenters. The molecule has 34 heavy (non-hydrogen) atoms. The maximum Gasteiger partial charge on any atom is 0.286 e. The molecule has 2 N–H and O–H groups in total. The van der Waals surface area contributed by atoms with Gasteiger partial charge >= 0.3 is 0 Å². The Labute approximate surface area is 202 Å². The topological polar surface area (TPSA) is 121 Å². The highest BCUT2D eigenvalue weighted by Crippen LogP contribution is 2.32. The van der Waals surface area contributed by atoms with Gasteiger partial charge in [0.2, 0.25) is 20.9 Å². The van der Waals surface area contributed by atoms with Crippen LogP contribution in [0.2, 0.25) is 0 Å². The first kappa shape index (κ1) is 24.0. The number of hydrogen-bond acceptors (Lipinski definition) is 7. The Hall–Kier alpha value is -3.15. The van der Waals surface area contributed by atoms with Gasteiger partial charge in [-0.05, 0) is 56.2 Å². The molecule has 0 aliphatic carbocycles. The van der Waals surface area contributed by atoms with Crippen LogP contribution in [0.1, 0.15) is 46.1 Å². The van der Waals surface area contributed by atoms with E-state index >= 15 is 0 Å². The fourth-order valence-electron chi connectivity index (χ4n) is 3.74. The van der Waals surface area contributed by atoms with Crippen LogP contribution in [0.3, 0.4) is 0 Å². The van der Waals surface area contributed by atoms with Gasteiger partial charge in [0, 0.05) is 37.3 Å². The van der Waals surface area contributed by atoms with Crippen LogP contribution >= 0.6 is 11.3 Å². The number of carbonyl (C=O) groups is 2. The number of amides is 2. The number of hydrogen-bond donors (Lipinski definition) is 2. The number of piperidine rings is 1. The number of aromatic nitrogens is 2. The molecular formula is C23H25N5O4S2. The summed E-state index contributed by atoms with van der Waals surface area (Å²) in [5, 5.41) is 14.6. The van der Waals surface area contributed by atoms with Crippen LogP contribution in [0.5, 0.6) is 0 Å². The second-order valence-corrected chi connectivity index (χ2v) is 11.1. The van der Waals surface area contributed by atoms with Crippen LogP contribution in [0.15, 0.2) is 53.4 Å². The summed E-state index contributed by atoms with van der Waals surface area (Å²) in [5.41, 5.74) is 2.30. The Morgan fingerprint density at radius 3 is 2.32 bits per heavy atom. The lowest BCUT2D eigenvalue weighted by atomic mass is 10.0. The lowest BCUT2D eigenvalue weighted by molar-refractivity contribution is -0.114. The van der Waals surface area contributed by atoms with E-state index in [9.17, 15) is 18.0 Å². The Morgan fingerprint density at radius 2 is 1.65 bits per heavy atom. The third-order valence-corrected chi connectivity index (χ3v) is 8.45. The van der Waals surface area contributed by atoms with E-state index in [1.165, 1.54) is 34.7 Å². The maximum absolute atomic E-state index is 13.2. The smallest absolute Gasteiger partial charge is 0.286 e. The van der Waals surface area contributed by atoms with Gasteiger partial charge in [0.15, 0.2) is 0 Å². The largest absolute Gasteiger partial charge is 0.326 e. The quantitative estimate of drug-likeness (QED) is 0.534. The van der Waals surface area contributed by atoms with Crippen LogP contribution < -0.4 is 10.6 Å². The highest BCUT2D eigenvalue weighted by Gasteiger charge is 2.33. The van der Waals surface area contributed by atoms with Gasteiger partial charge in [-0.15, -0.1) is 10.2 Å². The molecule has 9 nitrogen and oxygen atoms in total. The summed E-state index contributed by atoms with van der Waals surface area (Å²) in [5.74, 6) is -0.703. The first-order valence-electron chi connectivity index (χ1n) is 10.8. The van der Waals surface area contributed by atoms with Gasteiger partial charge in [-0.1, -0.05) is 29.0 Å². The molecule has 1 saturated heterocycles. The van der Waals surface area contributed by atoms with Crippen molar-refractivity contribution >= 4 is 44.5 Å². The first-order valence-corrected chi connectivity index (χ1v) is 13.1. The SMILES string of the molecule is CC(=O)Nc1ccc(S(=O)(=O)N2CCC[C@@H](c3nnc(C(=O)Nc4ccc(C)cc4)s3)C2)cc1. The molecule has 2 amide bonds. The molecule has 0 saturated carbocycles. The Bertz CT molecular complexity index is 1290. The number of rotatable bonds is 6. The normalized spacial score (nSPS) is 16.7. The number of sulfonamides is 1. The Balaban J connectivity index is 1.44. The van der Waals surface area contributed by atoms with Crippen molar-refractivity contribution in [3.63, 3.8) is 0 Å². The summed E-state index contributed by atoms with van der Waals surface area (Å²) < 4.78 is 27.8. The average Bonchev–Trinajstić information content (AvgIpc) is 3.31. The third kappa shape index (κ3) is 5.49. The third-order valence-electron chi connectivity index (χ3n) is 5.49. The number of carbonyl (C=O) groups excluding carboxylic acids is 2. The van der Waals surface area contributed by atoms with Crippen LogP contribution in [-0.2, 0) is 14.8 Å². The van der Waals surface area contributed by atoms with E-state index in [2.05, 4.69) is 20.8 Å². The molecule has 1 aromatic heterocycles. The number of anilines is 2. The van der Waals surface area contributed by atoms with E-state index < -0.39 is 10.0 Å². The second kappa shape index (κ2) is 10.00. The molecule has 11 heteroatoms. The summed E-state index contributed by atoms with van der Waals surface area (Å²) in [4.78, 5) is 23.9. The predicted octanol–water partition coefficient (Wildman–Crippen LogP) is 3.63. The van der Waals surface area contributed by atoms with Gasteiger partial charge in [-0.25, -0.2) is 8.42 Å². The van der Waals surface area contributed by atoms with E-state index in [1.807, 2.05) is 31.2 Å². The van der Waals surface area contributed by atoms with E-state index in [0.717, 1.165) is 12.0 Å². The maximum atomic E-state index is 13.2. The monoisotopic (exact) mass is 499 g/mol. The van der Waals surface area contributed by atoms with E-state index in [1.54, 1.807) is 12.1 Å². The highest BCUT2D eigenvalue weighted by molar-refractivity contribution is 7.89. The molecule has 0 bridgehead atoms. The zero-order chi connectivity index (χ0) is 24.3. The van der Waals surface area contributed by atoms with E-state index in [0.29, 0.717) is 29.3 Å². The summed E-state index contributed by atoms with van der Waals surface area (Å²) in [7, 11) is -3.70. The molecule has 1 fully saturated rings. The molecule has 0 spiro atoms. The molecule has 1 aliphatic rings. The fourth-order valence-corrected chi connectivity index (χ4v) is 6.13. The average molecular weight is 500 g/mol. The molecule has 2 aromatic carbocycles. The number of aryl methyl sites for hydroxylation is 1. The summed E-state index contributed by atoms with van der Waals surface area (Å²) in [6.45, 7) is 4.04. The first-order chi connectivity index (χ1) is 16.2. The van der Waals surface area contributed by atoms with Crippen molar-refractivity contribution in [2.24, 2.45) is 0 Å². The standard InChI is InChI=1S/C23H25N5O4S2/c1-15-5-7-19(8-6-15)25-21(30)23-27-26-22(33-23)17-4-3-13-28(14-17)34(31,32)20-11-9-18(10-12-20)24-16(2)29/h5-12,17H,3-4,13-14H2,1-2H3,(H,24,29)(H,25,30)/t17-/m1/s1. The molecule has 1 aliphatic heterocycles. The Kier molecular flexibility index (Phi) is 7.05. The summed E-state index contributed by atoms with van der Waals surface area (Å²) in [6, 6.07) is 13.6. The van der Waals surface area contributed by atoms with Crippen molar-refractivity contribution in [2.45, 2.75) is 37.5 Å². The summed E-state index contributed by atoms with van der Waals surface area (Å²) in [6.07, 6.45) is 1.44. The van der Waals surface area contributed by atoms with Crippen molar-refractivity contribution in [3.05, 3.63) is 64.1 Å². The van der Waals surface area contributed by atoms with Gasteiger partial charge in [0.05, 0.1) is 4.90 Å². The second-order valence-electron chi connectivity index (χ2n) is 8.17. The molecule has 2 heterocycles. The van der Waals surface area contributed by atoms with Gasteiger partial charge in [-0.2, -0.15) is 4.31 Å². The van der Waals surface area contributed by atoms with Crippen molar-refractivity contribution in [1.29, 1.82) is 0 Å². The van der Waals surface area contributed by atoms with Gasteiger partial charge in [0.25, 0.3) is 5.91 Å². The lowest BCUT2D eigenvalue weighted by Gasteiger charge is -2.30. The Morgan fingerprint density at radius 1 is 1.00 bits per heavy atom. The number of nitrogens with zero attached hydrogens (tertiary/aromatic N) is 3.